The van der Waals surface area contributed by atoms with E-state index in [2.05, 4.69) is 13.8 Å². The van der Waals surface area contributed by atoms with E-state index in [1.54, 1.807) is 0 Å². The van der Waals surface area contributed by atoms with Gasteiger partial charge in [-0.3, -0.25) is 4.79 Å². The van der Waals surface area contributed by atoms with Crippen molar-refractivity contribution in [3.8, 4) is 0 Å². The van der Waals surface area contributed by atoms with Crippen LogP contribution in [0.3, 0.4) is 0 Å². The summed E-state index contributed by atoms with van der Waals surface area (Å²) in [6.45, 7) is 4.13. The fraction of sp³-hybridized carbons (Fsp3) is 0.952. The largest absolute Gasteiger partial charge is 0.463 e. The Hall–Kier alpha value is -0.610. The van der Waals surface area contributed by atoms with E-state index in [4.69, 9.17) is 14.9 Å². The van der Waals surface area contributed by atoms with Gasteiger partial charge in [0.15, 0.2) is 0 Å². The standard InChI is InChI=1S/C21H42O4/c1-19(2)15-13-11-9-7-5-3-4-6-8-10-12-14-16-21(24)25-18-20(23)17-22/h19-20,22-23H,3-18H2,1-2H3. The summed E-state index contributed by atoms with van der Waals surface area (Å²) in [5.41, 5.74) is 0. The first-order valence-electron chi connectivity index (χ1n) is 10.5. The molecule has 0 aliphatic rings. The van der Waals surface area contributed by atoms with Crippen molar-refractivity contribution in [1.82, 2.24) is 0 Å². The van der Waals surface area contributed by atoms with E-state index in [1.165, 1.54) is 70.6 Å². The lowest BCUT2D eigenvalue weighted by Gasteiger charge is -2.08. The molecule has 0 fully saturated rings. The minimum absolute atomic E-state index is 0.104. The van der Waals surface area contributed by atoms with Crippen LogP contribution in [-0.4, -0.2) is 35.5 Å². The molecule has 0 saturated heterocycles. The van der Waals surface area contributed by atoms with Crippen LogP contribution in [0.2, 0.25) is 0 Å². The van der Waals surface area contributed by atoms with Gasteiger partial charge in [-0.1, -0.05) is 90.9 Å². The van der Waals surface area contributed by atoms with Crippen molar-refractivity contribution in [2.45, 2.75) is 110 Å². The highest BCUT2D eigenvalue weighted by atomic mass is 16.5. The molecular formula is C21H42O4. The summed E-state index contributed by atoms with van der Waals surface area (Å²) in [6.07, 6.45) is 16.2. The molecule has 0 radical (unpaired) electrons. The third-order valence-electron chi connectivity index (χ3n) is 4.56. The number of unbranched alkanes of at least 4 members (excludes halogenated alkanes) is 11. The van der Waals surface area contributed by atoms with E-state index in [0.29, 0.717) is 6.42 Å². The van der Waals surface area contributed by atoms with Crippen molar-refractivity contribution in [3.05, 3.63) is 0 Å². The van der Waals surface area contributed by atoms with Crippen molar-refractivity contribution >= 4 is 5.97 Å². The molecule has 0 aromatic heterocycles. The fourth-order valence-electron chi connectivity index (χ4n) is 2.90. The summed E-state index contributed by atoms with van der Waals surface area (Å²) in [6, 6.07) is 0. The van der Waals surface area contributed by atoms with Gasteiger partial charge in [-0.25, -0.2) is 0 Å². The van der Waals surface area contributed by atoms with E-state index in [1.807, 2.05) is 0 Å². The lowest BCUT2D eigenvalue weighted by Crippen LogP contribution is -2.21. The van der Waals surface area contributed by atoms with Gasteiger partial charge in [-0.2, -0.15) is 0 Å². The maximum atomic E-state index is 11.4. The summed E-state index contributed by atoms with van der Waals surface area (Å²) in [5, 5.41) is 17.7. The SMILES string of the molecule is CC(C)CCCCCCCCCCCCCCC(=O)OCC(O)CO. The topological polar surface area (TPSA) is 66.8 Å². The Balaban J connectivity index is 3.15. The smallest absolute Gasteiger partial charge is 0.305 e. The summed E-state index contributed by atoms with van der Waals surface area (Å²) in [5.74, 6) is 0.575. The van der Waals surface area contributed by atoms with Crippen LogP contribution in [0.15, 0.2) is 0 Å². The summed E-state index contributed by atoms with van der Waals surface area (Å²) in [4.78, 5) is 11.4. The first kappa shape index (κ1) is 24.4. The zero-order chi connectivity index (χ0) is 18.8. The summed E-state index contributed by atoms with van der Waals surface area (Å²) < 4.78 is 4.86. The molecule has 0 rings (SSSR count). The highest BCUT2D eigenvalue weighted by Gasteiger charge is 2.07. The highest BCUT2D eigenvalue weighted by Crippen LogP contribution is 2.14. The van der Waals surface area contributed by atoms with Gasteiger partial charge in [0, 0.05) is 6.42 Å². The molecule has 0 bridgehead atoms. The molecule has 0 amide bonds. The van der Waals surface area contributed by atoms with Crippen LogP contribution in [0.25, 0.3) is 0 Å². The van der Waals surface area contributed by atoms with Gasteiger partial charge in [0.05, 0.1) is 6.61 Å². The Labute approximate surface area is 155 Å². The van der Waals surface area contributed by atoms with Crippen LogP contribution in [0.5, 0.6) is 0 Å². The maximum absolute atomic E-state index is 11.4. The van der Waals surface area contributed by atoms with Crippen molar-refractivity contribution < 1.29 is 19.7 Å². The summed E-state index contributed by atoms with van der Waals surface area (Å²) in [7, 11) is 0. The number of rotatable bonds is 18. The summed E-state index contributed by atoms with van der Waals surface area (Å²) >= 11 is 0. The second-order valence-corrected chi connectivity index (χ2v) is 7.69. The van der Waals surface area contributed by atoms with Crippen molar-refractivity contribution in [2.75, 3.05) is 13.2 Å². The van der Waals surface area contributed by atoms with Crippen LogP contribution in [0, 0.1) is 5.92 Å². The number of carbonyl (C=O) groups is 1. The zero-order valence-electron chi connectivity index (χ0n) is 16.7. The van der Waals surface area contributed by atoms with Gasteiger partial charge in [-0.15, -0.1) is 0 Å². The van der Waals surface area contributed by atoms with Gasteiger partial charge < -0.3 is 14.9 Å². The van der Waals surface area contributed by atoms with Gasteiger partial charge in [0.2, 0.25) is 0 Å². The van der Waals surface area contributed by atoms with Gasteiger partial charge >= 0.3 is 5.97 Å². The van der Waals surface area contributed by atoms with E-state index >= 15 is 0 Å². The molecular weight excluding hydrogens is 316 g/mol. The van der Waals surface area contributed by atoms with Crippen molar-refractivity contribution in [3.63, 3.8) is 0 Å². The zero-order valence-corrected chi connectivity index (χ0v) is 16.7. The molecule has 150 valence electrons. The number of esters is 1. The molecule has 0 aromatic rings. The number of hydrogen-bond acceptors (Lipinski definition) is 4. The Kier molecular flexibility index (Phi) is 17.7. The molecule has 0 aliphatic heterocycles. The monoisotopic (exact) mass is 358 g/mol. The third kappa shape index (κ3) is 19.6. The highest BCUT2D eigenvalue weighted by molar-refractivity contribution is 5.69. The van der Waals surface area contributed by atoms with E-state index in [0.717, 1.165) is 18.8 Å². The predicted octanol–water partition coefficient (Wildman–Crippen LogP) is 5.00. The first-order chi connectivity index (χ1) is 12.1. The van der Waals surface area contributed by atoms with Crippen LogP contribution in [0.4, 0.5) is 0 Å². The van der Waals surface area contributed by atoms with Gasteiger partial charge in [0.25, 0.3) is 0 Å². The molecule has 0 saturated carbocycles. The minimum atomic E-state index is -0.955. The Bertz CT molecular complexity index is 292. The van der Waals surface area contributed by atoms with Crippen molar-refractivity contribution in [2.24, 2.45) is 5.92 Å². The third-order valence-corrected chi connectivity index (χ3v) is 4.56. The second-order valence-electron chi connectivity index (χ2n) is 7.69. The lowest BCUT2D eigenvalue weighted by atomic mass is 10.0. The lowest BCUT2D eigenvalue weighted by molar-refractivity contribution is -0.147. The Morgan fingerprint density at radius 2 is 1.24 bits per heavy atom. The molecule has 1 atom stereocenters. The quantitative estimate of drug-likeness (QED) is 0.267. The number of hydrogen-bond donors (Lipinski definition) is 2. The molecule has 25 heavy (non-hydrogen) atoms. The second kappa shape index (κ2) is 18.2. The van der Waals surface area contributed by atoms with E-state index in [9.17, 15) is 4.79 Å². The van der Waals surface area contributed by atoms with Crippen molar-refractivity contribution in [1.29, 1.82) is 0 Å². The number of aliphatic hydroxyl groups is 2. The normalized spacial score (nSPS) is 12.5. The predicted molar refractivity (Wildman–Crippen MR) is 104 cm³/mol. The Morgan fingerprint density at radius 1 is 0.800 bits per heavy atom. The first-order valence-corrected chi connectivity index (χ1v) is 10.5. The molecule has 0 aromatic carbocycles. The average Bonchev–Trinajstić information content (AvgIpc) is 2.59. The van der Waals surface area contributed by atoms with E-state index in [-0.39, 0.29) is 19.2 Å². The molecule has 4 heteroatoms. The minimum Gasteiger partial charge on any atom is -0.463 e. The Morgan fingerprint density at radius 3 is 1.68 bits per heavy atom. The fourth-order valence-corrected chi connectivity index (χ4v) is 2.90. The number of carbonyl (C=O) groups excluding carboxylic acids is 1. The van der Waals surface area contributed by atoms with Gasteiger partial charge in [0.1, 0.15) is 12.7 Å². The molecule has 0 aliphatic carbocycles. The van der Waals surface area contributed by atoms with E-state index < -0.39 is 6.10 Å². The average molecular weight is 359 g/mol. The number of aliphatic hydroxyl groups excluding tert-OH is 2. The maximum Gasteiger partial charge on any atom is 0.305 e. The van der Waals surface area contributed by atoms with Crippen LogP contribution >= 0.6 is 0 Å². The van der Waals surface area contributed by atoms with Crippen LogP contribution in [-0.2, 0) is 9.53 Å². The molecule has 4 nitrogen and oxygen atoms in total. The molecule has 0 heterocycles. The molecule has 1 unspecified atom stereocenters. The van der Waals surface area contributed by atoms with Crippen LogP contribution in [0.1, 0.15) is 104 Å². The number of ether oxygens (including phenoxy) is 1. The van der Waals surface area contributed by atoms with Gasteiger partial charge in [-0.05, 0) is 12.3 Å². The molecule has 2 N–H and O–H groups in total. The van der Waals surface area contributed by atoms with Crippen LogP contribution < -0.4 is 0 Å². The molecule has 0 spiro atoms.